The number of fused-ring (bicyclic) bond motifs is 3. The minimum Gasteiger partial charge on any atom is -0.498 e. The third-order valence-electron chi connectivity index (χ3n) is 7.23. The van der Waals surface area contributed by atoms with Gasteiger partial charge in [-0.1, -0.05) is 44.3 Å². The Morgan fingerprint density at radius 1 is 0.956 bits per heavy atom. The highest BCUT2D eigenvalue weighted by atomic mass is 16.5. The lowest BCUT2D eigenvalue weighted by molar-refractivity contribution is -0.121. The second-order valence-electron chi connectivity index (χ2n) is 10.5. The molecular weight excluding hydrogens is 578 g/mol. The molecule has 1 unspecified atom stereocenters. The highest BCUT2D eigenvalue weighted by Crippen LogP contribution is 2.47. The zero-order chi connectivity index (χ0) is 33.5. The molecule has 0 radical (unpaired) electrons. The van der Waals surface area contributed by atoms with E-state index in [-0.39, 0.29) is 56.5 Å². The van der Waals surface area contributed by atoms with Crippen molar-refractivity contribution in [2.24, 2.45) is 5.73 Å². The molecule has 3 amide bonds. The van der Waals surface area contributed by atoms with Gasteiger partial charge in [-0.15, -0.1) is 0 Å². The van der Waals surface area contributed by atoms with Crippen LogP contribution in [0.3, 0.4) is 0 Å². The number of anilines is 1. The van der Waals surface area contributed by atoms with Crippen LogP contribution in [-0.4, -0.2) is 56.3 Å². The van der Waals surface area contributed by atoms with E-state index in [2.05, 4.69) is 23.8 Å². The number of carbonyl (C=O) groups excluding carboxylic acids is 5. The van der Waals surface area contributed by atoms with Crippen LogP contribution in [0, 0.1) is 0 Å². The standard InChI is InChI=1S/C34H41N3O8/c1-4-22(2)44-19-16-36-31(40)11-6-12-32(41)37-24-13-14-26-28(20-24)29(21-45-34(35)42)25-8-5-9-27(33(25)26)30(39)10-7-18-43-23(3)15-17-38/h5,8-9,13-14,17,20,29H,2-4,6-7,10-12,15-16,18-19,21H2,1H3,(H2,35,42)(H,36,40)(H,37,41)/i/hD. The maximum Gasteiger partial charge on any atom is 0.404 e. The largest absolute Gasteiger partial charge is 0.498 e. The predicted octanol–water partition coefficient (Wildman–Crippen LogP) is 5.14. The first-order chi connectivity index (χ1) is 22.2. The number of nitrogens with two attached hydrogens (primary N) is 1. The van der Waals surface area contributed by atoms with E-state index < -0.39 is 12.0 Å². The van der Waals surface area contributed by atoms with Gasteiger partial charge in [0.2, 0.25) is 11.8 Å². The highest BCUT2D eigenvalue weighted by molar-refractivity contribution is 6.05. The number of carbonyl (C=O) groups is 5. The second kappa shape index (κ2) is 17.4. The van der Waals surface area contributed by atoms with E-state index in [4.69, 9.17) is 15.6 Å². The molecule has 240 valence electrons. The van der Waals surface area contributed by atoms with E-state index in [0.717, 1.165) is 22.3 Å². The number of benzene rings is 2. The van der Waals surface area contributed by atoms with Gasteiger partial charge in [-0.25, -0.2) is 4.79 Å². The molecule has 45 heavy (non-hydrogen) atoms. The summed E-state index contributed by atoms with van der Waals surface area (Å²) in [4.78, 5) is 60.5. The van der Waals surface area contributed by atoms with Crippen molar-refractivity contribution in [2.45, 2.75) is 57.8 Å². The molecule has 1 aliphatic carbocycles. The van der Waals surface area contributed by atoms with Crippen molar-refractivity contribution in [1.29, 1.82) is 0 Å². The van der Waals surface area contributed by atoms with Crippen LogP contribution in [0.1, 0.15) is 79.3 Å². The molecule has 11 heteroatoms. The highest BCUT2D eigenvalue weighted by Gasteiger charge is 2.33. The summed E-state index contributed by atoms with van der Waals surface area (Å²) in [6.45, 7) is 10.2. The van der Waals surface area contributed by atoms with E-state index in [1.165, 1.54) is 0 Å². The van der Waals surface area contributed by atoms with Gasteiger partial charge in [0.05, 0.1) is 31.1 Å². The van der Waals surface area contributed by atoms with E-state index >= 15 is 0 Å². The van der Waals surface area contributed by atoms with E-state index in [9.17, 15) is 24.0 Å². The predicted molar refractivity (Wildman–Crippen MR) is 169 cm³/mol. The Morgan fingerprint density at radius 3 is 2.49 bits per heavy atom. The zero-order valence-corrected chi connectivity index (χ0v) is 25.6. The van der Waals surface area contributed by atoms with Crippen molar-refractivity contribution in [2.75, 3.05) is 31.7 Å². The number of primary amides is 1. The van der Waals surface area contributed by atoms with Crippen molar-refractivity contribution in [1.82, 2.24) is 5.32 Å². The summed E-state index contributed by atoms with van der Waals surface area (Å²) in [6.07, 6.45) is 1.92. The molecule has 0 spiro atoms. The van der Waals surface area contributed by atoms with Crippen LogP contribution in [0.25, 0.3) is 11.1 Å². The minimum absolute atomic E-state index is 0.0842. The second-order valence-corrected chi connectivity index (χ2v) is 10.5. The molecule has 0 heterocycles. The van der Waals surface area contributed by atoms with Crippen LogP contribution < -0.4 is 16.4 Å². The average Bonchev–Trinajstić information content (AvgIpc) is 3.36. The number of aldehydes is 1. The van der Waals surface area contributed by atoms with Crippen LogP contribution in [0.4, 0.5) is 10.5 Å². The summed E-state index contributed by atoms with van der Waals surface area (Å²) in [5, 5.41) is 5.62. The Hall–Kier alpha value is -4.93. The molecule has 1 aliphatic rings. The first-order valence-electron chi connectivity index (χ1n) is 15.4. The number of allylic oxidation sites excluding steroid dienone is 2. The Morgan fingerprint density at radius 2 is 1.73 bits per heavy atom. The third kappa shape index (κ3) is 10.3. The first-order valence-corrected chi connectivity index (χ1v) is 14.9. The van der Waals surface area contributed by atoms with Crippen molar-refractivity contribution < 1.29 is 39.6 Å². The van der Waals surface area contributed by atoms with Crippen LogP contribution in [0.5, 0.6) is 0 Å². The lowest BCUT2D eigenvalue weighted by atomic mass is 9.93. The van der Waals surface area contributed by atoms with Gasteiger partial charge in [0, 0.05) is 42.9 Å². The minimum atomic E-state index is -0.911. The summed E-state index contributed by atoms with van der Waals surface area (Å²) < 4.78 is 23.1. The smallest absolute Gasteiger partial charge is 0.404 e. The van der Waals surface area contributed by atoms with Crippen molar-refractivity contribution >= 4 is 35.7 Å². The number of rotatable bonds is 20. The van der Waals surface area contributed by atoms with Crippen LogP contribution in [-0.2, 0) is 28.6 Å². The molecule has 1 atom stereocenters. The first kappa shape index (κ1) is 33.0. The number of nitrogens with one attached hydrogen (secondary N) is 2. The van der Waals surface area contributed by atoms with Gasteiger partial charge in [-0.05, 0) is 47.2 Å². The quantitative estimate of drug-likeness (QED) is 0.0793. The molecule has 4 N–H and O–H groups in total. The Kier molecular flexibility index (Phi) is 12.7. The van der Waals surface area contributed by atoms with Gasteiger partial charge in [-0.2, -0.15) is 0 Å². The summed E-state index contributed by atoms with van der Waals surface area (Å²) in [5.41, 5.74) is 5.77. The van der Waals surface area contributed by atoms with Gasteiger partial charge in [0.1, 0.15) is 19.5 Å². The number of ketones is 1. The number of Topliss-reactive ketones (excluding diaryl/α,β-unsaturated/α-hetero) is 1. The van der Waals surface area contributed by atoms with Gasteiger partial charge >= 0.3 is 6.09 Å². The fourth-order valence-corrected chi connectivity index (χ4v) is 5.00. The molecule has 0 fully saturated rings. The van der Waals surface area contributed by atoms with Gasteiger partial charge in [0.25, 0.3) is 0 Å². The molecule has 2 aromatic rings. The van der Waals surface area contributed by atoms with Gasteiger partial charge in [0.15, 0.2) is 7.20 Å². The van der Waals surface area contributed by atoms with Crippen LogP contribution >= 0.6 is 0 Å². The number of amides is 3. The number of ether oxygens (including phenoxy) is 3. The number of hydrogen-bond acceptors (Lipinski definition) is 8. The molecule has 0 saturated carbocycles. The van der Waals surface area contributed by atoms with Crippen LogP contribution in [0.15, 0.2) is 61.1 Å². The lowest BCUT2D eigenvalue weighted by Gasteiger charge is -2.14. The Balaban J connectivity index is 1.67. The molecule has 2 aromatic carbocycles. The molecule has 11 nitrogen and oxygen atoms in total. The van der Waals surface area contributed by atoms with Crippen LogP contribution in [0.2, 0.25) is 1.41 Å². The van der Waals surface area contributed by atoms with Crippen molar-refractivity contribution in [3.05, 3.63) is 77.8 Å². The zero-order valence-electron chi connectivity index (χ0n) is 26.6. The van der Waals surface area contributed by atoms with Crippen molar-refractivity contribution in [3.8, 4) is 11.1 Å². The average molecular weight is 621 g/mol. The fourth-order valence-electron chi connectivity index (χ4n) is 5.00. The summed E-state index contributed by atoms with van der Waals surface area (Å²) in [7, 11) is 0. The SMILES string of the molecule is [2H]NC(=O)OCC1c2cc(NC(=O)CCCC(=O)NCCOC(=C)CC)ccc2-c2c(C(=O)CCCOC(=C)CC=O)cccc21. The Labute approximate surface area is 264 Å². The fraction of sp³-hybridized carbons (Fsp3) is 0.382. The number of hydrogen-bond donors (Lipinski definition) is 3. The normalized spacial score (nSPS) is 12.9. The maximum atomic E-state index is 13.3. The van der Waals surface area contributed by atoms with E-state index in [1.807, 2.05) is 19.1 Å². The maximum absolute atomic E-state index is 13.3. The summed E-state index contributed by atoms with van der Waals surface area (Å²) >= 11 is 0. The van der Waals surface area contributed by atoms with Gasteiger partial charge < -0.3 is 35.4 Å². The molecule has 0 saturated heterocycles. The van der Waals surface area contributed by atoms with Gasteiger partial charge in [-0.3, -0.25) is 14.4 Å². The molecule has 3 rings (SSSR count). The molecule has 0 aliphatic heterocycles. The lowest BCUT2D eigenvalue weighted by Crippen LogP contribution is -2.27. The molecule has 0 aromatic heterocycles. The molecule has 0 bridgehead atoms. The topological polar surface area (TPSA) is 163 Å². The van der Waals surface area contributed by atoms with E-state index in [0.29, 0.717) is 61.5 Å². The Bertz CT molecular complexity index is 1460. The van der Waals surface area contributed by atoms with E-state index in [1.54, 1.807) is 30.0 Å². The summed E-state index contributed by atoms with van der Waals surface area (Å²) in [6, 6.07) is 10.7. The van der Waals surface area contributed by atoms with Crippen molar-refractivity contribution in [3.63, 3.8) is 0 Å². The summed E-state index contributed by atoms with van der Waals surface area (Å²) in [5.74, 6) is 0.0312. The third-order valence-corrected chi connectivity index (χ3v) is 7.23. The monoisotopic (exact) mass is 620 g/mol. The molecular formula is C34H41N3O8.